The van der Waals surface area contributed by atoms with Crippen molar-refractivity contribution in [3.8, 4) is 5.69 Å². The molecule has 1 saturated carbocycles. The van der Waals surface area contributed by atoms with Gasteiger partial charge in [-0.05, 0) is 95.8 Å². The Balaban J connectivity index is 1.35. The number of fused-ring (bicyclic) bond motifs is 3. The van der Waals surface area contributed by atoms with Crippen LogP contribution in [0.3, 0.4) is 0 Å². The number of allylic oxidation sites excluding steroid dienone is 1. The van der Waals surface area contributed by atoms with E-state index in [2.05, 4.69) is 34.8 Å². The molecule has 0 bridgehead atoms. The molecule has 0 aliphatic heterocycles. The van der Waals surface area contributed by atoms with Crippen LogP contribution in [0.15, 0.2) is 65.7 Å². The lowest BCUT2D eigenvalue weighted by Gasteiger charge is -2.39. The molecule has 1 N–H and O–H groups in total. The minimum atomic E-state index is -0.460. The molecule has 31 heavy (non-hydrogen) atoms. The molecule has 2 heterocycles. The van der Waals surface area contributed by atoms with Gasteiger partial charge in [-0.2, -0.15) is 5.10 Å². The van der Waals surface area contributed by atoms with Crippen molar-refractivity contribution in [3.63, 3.8) is 0 Å². The van der Waals surface area contributed by atoms with E-state index < -0.39 is 6.10 Å². The summed E-state index contributed by atoms with van der Waals surface area (Å²) in [7, 11) is 0. The van der Waals surface area contributed by atoms with Crippen LogP contribution in [0.5, 0.6) is 0 Å². The van der Waals surface area contributed by atoms with Crippen molar-refractivity contribution in [1.82, 2.24) is 9.78 Å². The average molecular weight is 431 g/mol. The van der Waals surface area contributed by atoms with Crippen LogP contribution in [0.4, 0.5) is 4.39 Å². The van der Waals surface area contributed by atoms with Crippen LogP contribution in [0.1, 0.15) is 42.2 Å². The average Bonchev–Trinajstić information content (AvgIpc) is 3.41. The van der Waals surface area contributed by atoms with E-state index in [0.29, 0.717) is 5.92 Å². The summed E-state index contributed by atoms with van der Waals surface area (Å²) in [5, 5.41) is 19.4. The first-order valence-corrected chi connectivity index (χ1v) is 11.7. The molecule has 2 aliphatic carbocycles. The van der Waals surface area contributed by atoms with Crippen LogP contribution in [-0.2, 0) is 6.42 Å². The maximum atomic E-state index is 13.4. The lowest BCUT2D eigenvalue weighted by Crippen LogP contribution is -2.30. The number of aliphatic hydroxyl groups excluding tert-OH is 1. The summed E-state index contributed by atoms with van der Waals surface area (Å²) in [4.78, 5) is 0. The van der Waals surface area contributed by atoms with Crippen molar-refractivity contribution in [1.29, 1.82) is 0 Å². The van der Waals surface area contributed by atoms with Gasteiger partial charge in [-0.25, -0.2) is 9.07 Å². The second kappa shape index (κ2) is 7.43. The van der Waals surface area contributed by atoms with E-state index in [1.807, 2.05) is 16.9 Å². The summed E-state index contributed by atoms with van der Waals surface area (Å²) in [5.74, 6) is 0.300. The van der Waals surface area contributed by atoms with Crippen molar-refractivity contribution in [2.24, 2.45) is 11.8 Å². The Bertz CT molecular complexity index is 1290. The number of hydrogen-bond acceptors (Lipinski definition) is 3. The molecule has 0 radical (unpaired) electrons. The molecule has 0 spiro atoms. The van der Waals surface area contributed by atoms with Crippen LogP contribution in [-0.4, -0.2) is 14.9 Å². The minimum Gasteiger partial charge on any atom is -0.388 e. The summed E-state index contributed by atoms with van der Waals surface area (Å²) < 4.78 is 16.5. The molecule has 1 unspecified atom stereocenters. The molecule has 4 aromatic rings. The van der Waals surface area contributed by atoms with E-state index in [1.54, 1.807) is 23.5 Å². The summed E-state index contributed by atoms with van der Waals surface area (Å²) >= 11 is 1.71. The third-order valence-corrected chi connectivity index (χ3v) is 7.93. The van der Waals surface area contributed by atoms with Gasteiger partial charge in [0.15, 0.2) is 0 Å². The first-order valence-electron chi connectivity index (χ1n) is 10.9. The second-order valence-electron chi connectivity index (χ2n) is 8.66. The Morgan fingerprint density at radius 2 is 1.97 bits per heavy atom. The highest BCUT2D eigenvalue weighted by Gasteiger charge is 2.38. The van der Waals surface area contributed by atoms with Gasteiger partial charge in [0, 0.05) is 4.70 Å². The monoisotopic (exact) mass is 430 g/mol. The largest absolute Gasteiger partial charge is 0.388 e. The standard InChI is InChI=1S/C26H23FN2OS/c27-18-8-10-19(11-9-18)29-24-13-16-4-3-6-21(22(16)12-17(24)14-28-29)26(30)23-15-31-25-7-2-1-5-20(23)25/h1-2,5,7-11,13-15,21-22,26,30H,3-4,6,12H2/t21-,22?,26+/m0/s1. The summed E-state index contributed by atoms with van der Waals surface area (Å²) in [6, 6.07) is 14.8. The molecule has 156 valence electrons. The van der Waals surface area contributed by atoms with Crippen LogP contribution in [0, 0.1) is 17.7 Å². The Morgan fingerprint density at radius 3 is 2.84 bits per heavy atom. The van der Waals surface area contributed by atoms with Crippen molar-refractivity contribution >= 4 is 27.5 Å². The second-order valence-corrected chi connectivity index (χ2v) is 9.57. The van der Waals surface area contributed by atoms with Crippen molar-refractivity contribution < 1.29 is 9.50 Å². The molecule has 0 amide bonds. The highest BCUT2D eigenvalue weighted by atomic mass is 32.1. The maximum Gasteiger partial charge on any atom is 0.123 e. The van der Waals surface area contributed by atoms with E-state index in [4.69, 9.17) is 0 Å². The molecular formula is C26H23FN2OS. The van der Waals surface area contributed by atoms with Gasteiger partial charge in [0.25, 0.3) is 0 Å². The van der Waals surface area contributed by atoms with E-state index in [9.17, 15) is 9.50 Å². The Kier molecular flexibility index (Phi) is 4.55. The van der Waals surface area contributed by atoms with Gasteiger partial charge in [0.2, 0.25) is 0 Å². The van der Waals surface area contributed by atoms with E-state index in [-0.39, 0.29) is 11.7 Å². The SMILES string of the molecule is O[C@@H](c1csc2ccccc12)[C@H]1CCCC2=Cc3c(cnn3-c3ccc(F)cc3)CC21. The molecule has 0 saturated heterocycles. The first kappa shape index (κ1) is 19.0. The topological polar surface area (TPSA) is 38.1 Å². The minimum absolute atomic E-state index is 0.209. The highest BCUT2D eigenvalue weighted by Crippen LogP contribution is 2.48. The van der Waals surface area contributed by atoms with Gasteiger partial charge in [-0.3, -0.25) is 0 Å². The molecule has 2 aromatic heterocycles. The quantitative estimate of drug-likeness (QED) is 0.413. The molecule has 3 atom stereocenters. The number of aromatic nitrogens is 2. The summed E-state index contributed by atoms with van der Waals surface area (Å²) in [6.45, 7) is 0. The molecular weight excluding hydrogens is 407 g/mol. The fraction of sp³-hybridized carbons (Fsp3) is 0.269. The fourth-order valence-electron chi connectivity index (χ4n) is 5.40. The van der Waals surface area contributed by atoms with Gasteiger partial charge in [0.1, 0.15) is 5.82 Å². The van der Waals surface area contributed by atoms with Gasteiger partial charge < -0.3 is 5.11 Å². The number of thiophene rings is 1. The third kappa shape index (κ3) is 3.15. The van der Waals surface area contributed by atoms with Gasteiger partial charge in [0.05, 0.1) is 23.7 Å². The molecule has 5 heteroatoms. The Morgan fingerprint density at radius 1 is 1.13 bits per heavy atom. The third-order valence-electron chi connectivity index (χ3n) is 6.95. The lowest BCUT2D eigenvalue weighted by atomic mass is 9.67. The zero-order valence-corrected chi connectivity index (χ0v) is 17.9. The number of hydrogen-bond donors (Lipinski definition) is 1. The zero-order chi connectivity index (χ0) is 20.9. The zero-order valence-electron chi connectivity index (χ0n) is 17.0. The number of benzene rings is 2. The maximum absolute atomic E-state index is 13.4. The highest BCUT2D eigenvalue weighted by molar-refractivity contribution is 7.17. The number of nitrogens with zero attached hydrogens (tertiary/aromatic N) is 2. The Hall–Kier alpha value is -2.76. The molecule has 2 aromatic carbocycles. The van der Waals surface area contributed by atoms with Crippen LogP contribution < -0.4 is 0 Å². The van der Waals surface area contributed by atoms with Crippen LogP contribution in [0.2, 0.25) is 0 Å². The molecule has 1 fully saturated rings. The number of aliphatic hydroxyl groups is 1. The summed E-state index contributed by atoms with van der Waals surface area (Å²) in [5.41, 5.74) is 5.64. The predicted molar refractivity (Wildman–Crippen MR) is 123 cm³/mol. The normalized spacial score (nSPS) is 21.4. The number of halogens is 1. The van der Waals surface area contributed by atoms with Gasteiger partial charge >= 0.3 is 0 Å². The molecule has 6 rings (SSSR count). The lowest BCUT2D eigenvalue weighted by molar-refractivity contribution is 0.0660. The van der Waals surface area contributed by atoms with Crippen LogP contribution >= 0.6 is 11.3 Å². The van der Waals surface area contributed by atoms with Crippen LogP contribution in [0.25, 0.3) is 21.8 Å². The van der Waals surface area contributed by atoms with E-state index in [1.165, 1.54) is 33.4 Å². The van der Waals surface area contributed by atoms with Gasteiger partial charge in [-0.15, -0.1) is 11.3 Å². The predicted octanol–water partition coefficient (Wildman–Crippen LogP) is 6.32. The first-order chi connectivity index (χ1) is 15.2. The van der Waals surface area contributed by atoms with Crippen molar-refractivity contribution in [2.75, 3.05) is 0 Å². The Labute approximate surface area is 184 Å². The summed E-state index contributed by atoms with van der Waals surface area (Å²) in [6.07, 6.45) is 7.83. The molecule has 3 nitrogen and oxygen atoms in total. The smallest absolute Gasteiger partial charge is 0.123 e. The van der Waals surface area contributed by atoms with Crippen molar-refractivity contribution in [2.45, 2.75) is 31.8 Å². The number of rotatable bonds is 3. The van der Waals surface area contributed by atoms with Crippen molar-refractivity contribution in [3.05, 3.63) is 88.3 Å². The fourth-order valence-corrected chi connectivity index (χ4v) is 6.39. The van der Waals surface area contributed by atoms with E-state index >= 15 is 0 Å². The van der Waals surface area contributed by atoms with E-state index in [0.717, 1.165) is 42.6 Å². The molecule has 2 aliphatic rings. The van der Waals surface area contributed by atoms with Gasteiger partial charge in [-0.1, -0.05) is 23.8 Å².